The number of pyridine rings is 1. The Labute approximate surface area is 199 Å². The van der Waals surface area contributed by atoms with Gasteiger partial charge in [0.2, 0.25) is 5.91 Å². The Balaban J connectivity index is 1.90. The summed E-state index contributed by atoms with van der Waals surface area (Å²) in [4.78, 5) is 16.9. The summed E-state index contributed by atoms with van der Waals surface area (Å²) in [6.45, 7) is 5.43. The van der Waals surface area contributed by atoms with Crippen molar-refractivity contribution in [1.82, 2.24) is 4.98 Å². The maximum absolute atomic E-state index is 16.2. The Morgan fingerprint density at radius 3 is 1.91 bits per heavy atom. The van der Waals surface area contributed by atoms with Crippen molar-refractivity contribution in [1.29, 1.82) is 0 Å². The maximum atomic E-state index is 16.2. The molecule has 0 fully saturated rings. The first kappa shape index (κ1) is 23.3. The molecular weight excluding hydrogens is 427 g/mol. The van der Waals surface area contributed by atoms with Gasteiger partial charge in [-0.3, -0.25) is 9.78 Å². The number of aliphatic hydroxyl groups is 1. The van der Waals surface area contributed by atoms with Crippen molar-refractivity contribution in [2.75, 3.05) is 5.32 Å². The highest BCUT2D eigenvalue weighted by atomic mass is 19.1. The Morgan fingerprint density at radius 2 is 1.35 bits per heavy atom. The molecule has 34 heavy (non-hydrogen) atoms. The van der Waals surface area contributed by atoms with Crippen molar-refractivity contribution in [2.24, 2.45) is 5.41 Å². The minimum Gasteiger partial charge on any atom is -0.376 e. The summed E-state index contributed by atoms with van der Waals surface area (Å²) in [6, 6.07) is 26.4. The van der Waals surface area contributed by atoms with Crippen LogP contribution in [0.2, 0.25) is 0 Å². The smallest absolute Gasteiger partial charge is 0.229 e. The molecule has 0 aliphatic heterocycles. The average molecular weight is 455 g/mol. The van der Waals surface area contributed by atoms with Crippen LogP contribution in [0.15, 0.2) is 97.2 Å². The third-order valence-corrected chi connectivity index (χ3v) is 5.77. The molecule has 0 aliphatic carbocycles. The molecule has 0 unspecified atom stereocenters. The second-order valence-corrected chi connectivity index (χ2v) is 9.21. The summed E-state index contributed by atoms with van der Waals surface area (Å²) >= 11 is 0. The van der Waals surface area contributed by atoms with E-state index in [1.54, 1.807) is 72.8 Å². The van der Waals surface area contributed by atoms with Gasteiger partial charge in [0, 0.05) is 22.7 Å². The summed E-state index contributed by atoms with van der Waals surface area (Å²) in [6.07, 6.45) is 1.48. The normalized spacial score (nSPS) is 11.8. The Kier molecular flexibility index (Phi) is 6.31. The van der Waals surface area contributed by atoms with Crippen LogP contribution < -0.4 is 5.32 Å². The van der Waals surface area contributed by atoms with Crippen LogP contribution in [-0.2, 0) is 10.4 Å². The van der Waals surface area contributed by atoms with Gasteiger partial charge in [0.25, 0.3) is 0 Å². The molecule has 0 atom stereocenters. The van der Waals surface area contributed by atoms with Gasteiger partial charge in [0.15, 0.2) is 5.82 Å². The van der Waals surface area contributed by atoms with Crippen molar-refractivity contribution in [3.63, 3.8) is 0 Å². The van der Waals surface area contributed by atoms with E-state index in [1.165, 1.54) is 12.3 Å². The summed E-state index contributed by atoms with van der Waals surface area (Å²) in [7, 11) is 0. The van der Waals surface area contributed by atoms with Gasteiger partial charge in [0.05, 0.1) is 5.69 Å². The average Bonchev–Trinajstić information content (AvgIpc) is 2.85. The topological polar surface area (TPSA) is 62.2 Å². The summed E-state index contributed by atoms with van der Waals surface area (Å²) in [5.41, 5.74) is -0.287. The summed E-state index contributed by atoms with van der Waals surface area (Å²) < 4.78 is 16.2. The molecular formula is C29H27FN2O2. The van der Waals surface area contributed by atoms with Gasteiger partial charge < -0.3 is 10.4 Å². The van der Waals surface area contributed by atoms with E-state index >= 15 is 4.39 Å². The number of amides is 1. The van der Waals surface area contributed by atoms with Crippen LogP contribution in [0.4, 0.5) is 10.1 Å². The minimum absolute atomic E-state index is 0.0487. The van der Waals surface area contributed by atoms with Gasteiger partial charge in [-0.05, 0) is 23.3 Å². The number of para-hydroxylation sites is 1. The van der Waals surface area contributed by atoms with Gasteiger partial charge in [-0.25, -0.2) is 4.39 Å². The fourth-order valence-corrected chi connectivity index (χ4v) is 3.86. The molecule has 1 aromatic heterocycles. The highest BCUT2D eigenvalue weighted by Crippen LogP contribution is 2.40. The van der Waals surface area contributed by atoms with Crippen molar-refractivity contribution in [3.05, 3.63) is 120 Å². The fraction of sp³-hybridized carbons (Fsp3) is 0.172. The lowest BCUT2D eigenvalue weighted by molar-refractivity contribution is -0.123. The molecule has 0 saturated carbocycles. The van der Waals surface area contributed by atoms with E-state index in [1.807, 2.05) is 32.9 Å². The summed E-state index contributed by atoms with van der Waals surface area (Å²) in [5.74, 6) is -0.850. The van der Waals surface area contributed by atoms with Crippen LogP contribution in [-0.4, -0.2) is 16.0 Å². The van der Waals surface area contributed by atoms with Crippen LogP contribution in [0.5, 0.6) is 0 Å². The van der Waals surface area contributed by atoms with Crippen LogP contribution in [0.25, 0.3) is 11.3 Å². The molecule has 5 heteroatoms. The zero-order valence-electron chi connectivity index (χ0n) is 19.4. The molecule has 0 spiro atoms. The highest BCUT2D eigenvalue weighted by Gasteiger charge is 2.37. The first-order valence-electron chi connectivity index (χ1n) is 11.1. The fourth-order valence-electron chi connectivity index (χ4n) is 3.86. The lowest BCUT2D eigenvalue weighted by Gasteiger charge is -2.31. The molecule has 4 rings (SSSR count). The van der Waals surface area contributed by atoms with E-state index in [9.17, 15) is 9.90 Å². The zero-order chi connectivity index (χ0) is 24.3. The number of hydrogen-bond acceptors (Lipinski definition) is 3. The quantitative estimate of drug-likeness (QED) is 0.380. The molecule has 3 aromatic carbocycles. The molecule has 4 nitrogen and oxygen atoms in total. The predicted octanol–water partition coefficient (Wildman–Crippen LogP) is 6.16. The largest absolute Gasteiger partial charge is 0.376 e. The summed E-state index contributed by atoms with van der Waals surface area (Å²) in [5, 5.41) is 15.0. The van der Waals surface area contributed by atoms with Crippen molar-refractivity contribution in [3.8, 4) is 11.3 Å². The number of aromatic nitrogens is 1. The molecule has 0 radical (unpaired) electrons. The number of nitrogens with one attached hydrogen (secondary N) is 1. The molecule has 1 heterocycles. The Hall–Kier alpha value is -3.83. The standard InChI is InChI=1S/C29H27FN2O2/c1-28(2,3)27(33)32-24-17-11-10-16-22(24)26-25(30)23(18-19-31-26)29(34,20-12-6-4-7-13-20)21-14-8-5-9-15-21/h4-19,34H,1-3H3,(H,32,33). The lowest BCUT2D eigenvalue weighted by atomic mass is 9.80. The van der Waals surface area contributed by atoms with Gasteiger partial charge in [0.1, 0.15) is 11.3 Å². The van der Waals surface area contributed by atoms with E-state index in [-0.39, 0.29) is 17.2 Å². The van der Waals surface area contributed by atoms with Gasteiger partial charge in [-0.15, -0.1) is 0 Å². The van der Waals surface area contributed by atoms with E-state index in [4.69, 9.17) is 0 Å². The maximum Gasteiger partial charge on any atom is 0.229 e. The third-order valence-electron chi connectivity index (χ3n) is 5.77. The Morgan fingerprint density at radius 1 is 0.824 bits per heavy atom. The number of rotatable bonds is 5. The molecule has 0 aliphatic rings. The van der Waals surface area contributed by atoms with Crippen LogP contribution >= 0.6 is 0 Å². The van der Waals surface area contributed by atoms with Gasteiger partial charge in [-0.2, -0.15) is 0 Å². The molecule has 172 valence electrons. The first-order valence-corrected chi connectivity index (χ1v) is 11.1. The lowest BCUT2D eigenvalue weighted by Crippen LogP contribution is -2.30. The number of hydrogen-bond donors (Lipinski definition) is 2. The predicted molar refractivity (Wildman–Crippen MR) is 133 cm³/mol. The number of carbonyl (C=O) groups is 1. The van der Waals surface area contributed by atoms with E-state index in [0.29, 0.717) is 22.4 Å². The van der Waals surface area contributed by atoms with E-state index in [2.05, 4.69) is 10.3 Å². The third kappa shape index (κ3) is 4.35. The molecule has 1 amide bonds. The van der Waals surface area contributed by atoms with Crippen molar-refractivity contribution >= 4 is 11.6 Å². The molecule has 2 N–H and O–H groups in total. The number of anilines is 1. The van der Waals surface area contributed by atoms with Crippen LogP contribution in [0, 0.1) is 11.2 Å². The first-order chi connectivity index (χ1) is 16.2. The zero-order valence-corrected chi connectivity index (χ0v) is 19.4. The minimum atomic E-state index is -1.74. The highest BCUT2D eigenvalue weighted by molar-refractivity contribution is 5.98. The Bertz CT molecular complexity index is 1260. The van der Waals surface area contributed by atoms with E-state index in [0.717, 1.165) is 0 Å². The van der Waals surface area contributed by atoms with Gasteiger partial charge >= 0.3 is 0 Å². The van der Waals surface area contributed by atoms with Crippen molar-refractivity contribution < 1.29 is 14.3 Å². The second-order valence-electron chi connectivity index (χ2n) is 9.21. The SMILES string of the molecule is CC(C)(C)C(=O)Nc1ccccc1-c1nccc(C(O)(c2ccccc2)c2ccccc2)c1F. The van der Waals surface area contributed by atoms with Crippen LogP contribution in [0.1, 0.15) is 37.5 Å². The number of nitrogens with zero attached hydrogens (tertiary/aromatic N) is 1. The van der Waals surface area contributed by atoms with Gasteiger partial charge in [-0.1, -0.05) is 99.6 Å². The molecule has 0 bridgehead atoms. The molecule has 4 aromatic rings. The molecule has 0 saturated heterocycles. The number of carbonyl (C=O) groups excluding carboxylic acids is 1. The number of benzene rings is 3. The van der Waals surface area contributed by atoms with Crippen LogP contribution in [0.3, 0.4) is 0 Å². The number of halogens is 1. The van der Waals surface area contributed by atoms with Crippen molar-refractivity contribution in [2.45, 2.75) is 26.4 Å². The monoisotopic (exact) mass is 454 g/mol. The van der Waals surface area contributed by atoms with E-state index < -0.39 is 16.8 Å². The second kappa shape index (κ2) is 9.20.